The Morgan fingerprint density at radius 3 is 2.45 bits per heavy atom. The van der Waals surface area contributed by atoms with Gasteiger partial charge < -0.3 is 10.6 Å². The van der Waals surface area contributed by atoms with Crippen molar-refractivity contribution >= 4 is 17.5 Å². The van der Waals surface area contributed by atoms with Crippen LogP contribution >= 0.6 is 0 Å². The molecule has 2 atom stereocenters. The molecule has 5 heteroatoms. The van der Waals surface area contributed by atoms with Gasteiger partial charge in [-0.15, -0.1) is 0 Å². The summed E-state index contributed by atoms with van der Waals surface area (Å²) in [6.07, 6.45) is 0.942. The van der Waals surface area contributed by atoms with E-state index in [0.717, 1.165) is 18.5 Å². The molecule has 0 heterocycles. The molecule has 1 fully saturated rings. The summed E-state index contributed by atoms with van der Waals surface area (Å²) in [6, 6.07) is 15.8. The van der Waals surface area contributed by atoms with Crippen LogP contribution in [0.3, 0.4) is 0 Å². The summed E-state index contributed by atoms with van der Waals surface area (Å²) in [5.41, 5.74) is 3.54. The molecule has 1 saturated carbocycles. The van der Waals surface area contributed by atoms with Crippen LogP contribution in [0.4, 0.5) is 5.69 Å². The van der Waals surface area contributed by atoms with Crippen molar-refractivity contribution in [2.24, 2.45) is 11.8 Å². The van der Waals surface area contributed by atoms with Gasteiger partial charge in [-0.1, -0.05) is 37.3 Å². The van der Waals surface area contributed by atoms with Crippen LogP contribution in [0.1, 0.15) is 48.7 Å². The third-order valence-corrected chi connectivity index (χ3v) is 5.70. The van der Waals surface area contributed by atoms with Gasteiger partial charge in [0.25, 0.3) is 5.91 Å². The maximum atomic E-state index is 12.7. The van der Waals surface area contributed by atoms with Gasteiger partial charge in [0.1, 0.15) is 0 Å². The third-order valence-electron chi connectivity index (χ3n) is 5.70. The Balaban J connectivity index is 1.61. The fourth-order valence-electron chi connectivity index (χ4n) is 3.27. The summed E-state index contributed by atoms with van der Waals surface area (Å²) in [5, 5.41) is 5.93. The van der Waals surface area contributed by atoms with Crippen molar-refractivity contribution in [1.29, 1.82) is 0 Å². The molecule has 1 aliphatic rings. The molecule has 2 aromatic rings. The predicted molar refractivity (Wildman–Crippen MR) is 117 cm³/mol. The Kier molecular flexibility index (Phi) is 6.70. The fraction of sp³-hybridized carbons (Fsp3) is 0.417. The van der Waals surface area contributed by atoms with Crippen LogP contribution in [0.2, 0.25) is 0 Å². The number of rotatable bonds is 8. The van der Waals surface area contributed by atoms with Gasteiger partial charge >= 0.3 is 0 Å². The second kappa shape index (κ2) is 9.23. The lowest BCUT2D eigenvalue weighted by Crippen LogP contribution is -2.27. The minimum absolute atomic E-state index is 0.0401. The van der Waals surface area contributed by atoms with E-state index in [-0.39, 0.29) is 17.7 Å². The third kappa shape index (κ3) is 5.67. The van der Waals surface area contributed by atoms with E-state index in [9.17, 15) is 9.59 Å². The van der Waals surface area contributed by atoms with Crippen molar-refractivity contribution < 1.29 is 9.59 Å². The van der Waals surface area contributed by atoms with E-state index in [1.807, 2.05) is 18.2 Å². The lowest BCUT2D eigenvalue weighted by atomic mass is 10.1. The van der Waals surface area contributed by atoms with E-state index >= 15 is 0 Å². The van der Waals surface area contributed by atoms with Gasteiger partial charge in [0, 0.05) is 36.3 Å². The Morgan fingerprint density at radius 1 is 1.10 bits per heavy atom. The van der Waals surface area contributed by atoms with Gasteiger partial charge in [0.05, 0.1) is 0 Å². The highest BCUT2D eigenvalue weighted by atomic mass is 16.2. The summed E-state index contributed by atoms with van der Waals surface area (Å²) in [6.45, 7) is 7.72. The number of amides is 2. The maximum Gasteiger partial charge on any atom is 0.251 e. The van der Waals surface area contributed by atoms with Crippen molar-refractivity contribution in [3.05, 3.63) is 65.2 Å². The number of nitrogens with one attached hydrogen (secondary N) is 2. The monoisotopic (exact) mass is 393 g/mol. The minimum Gasteiger partial charge on any atom is -0.348 e. The topological polar surface area (TPSA) is 61.4 Å². The molecule has 154 valence electrons. The fourth-order valence-corrected chi connectivity index (χ4v) is 3.27. The summed E-state index contributed by atoms with van der Waals surface area (Å²) in [7, 11) is 2.10. The molecule has 0 bridgehead atoms. The van der Waals surface area contributed by atoms with Crippen LogP contribution in [0.25, 0.3) is 0 Å². The van der Waals surface area contributed by atoms with E-state index in [4.69, 9.17) is 0 Å². The lowest BCUT2D eigenvalue weighted by Gasteiger charge is -2.22. The molecule has 2 aromatic carbocycles. The number of benzene rings is 2. The quantitative estimate of drug-likeness (QED) is 0.711. The molecule has 0 aliphatic heterocycles. The molecule has 2 amide bonds. The molecule has 3 rings (SSSR count). The first-order valence-corrected chi connectivity index (χ1v) is 10.3. The smallest absolute Gasteiger partial charge is 0.251 e. The number of nitrogens with zero attached hydrogens (tertiary/aromatic N) is 1. The van der Waals surface area contributed by atoms with Crippen LogP contribution in [0.5, 0.6) is 0 Å². The average molecular weight is 394 g/mol. The highest BCUT2D eigenvalue weighted by Crippen LogP contribution is 2.38. The molecule has 2 N–H and O–H groups in total. The van der Waals surface area contributed by atoms with Gasteiger partial charge in [-0.2, -0.15) is 0 Å². The van der Waals surface area contributed by atoms with Gasteiger partial charge in [0.2, 0.25) is 5.91 Å². The van der Waals surface area contributed by atoms with Crippen molar-refractivity contribution in [1.82, 2.24) is 10.2 Å². The van der Waals surface area contributed by atoms with Gasteiger partial charge in [-0.3, -0.25) is 14.5 Å². The molecular weight excluding hydrogens is 362 g/mol. The lowest BCUT2D eigenvalue weighted by molar-refractivity contribution is -0.117. The zero-order valence-corrected chi connectivity index (χ0v) is 17.7. The molecule has 0 spiro atoms. The number of hydrogen-bond donors (Lipinski definition) is 2. The summed E-state index contributed by atoms with van der Waals surface area (Å²) in [4.78, 5) is 27.1. The van der Waals surface area contributed by atoms with Crippen LogP contribution in [-0.4, -0.2) is 29.8 Å². The first-order valence-electron chi connectivity index (χ1n) is 10.3. The first kappa shape index (κ1) is 21.1. The van der Waals surface area contributed by atoms with Crippen molar-refractivity contribution in [2.75, 3.05) is 12.4 Å². The minimum atomic E-state index is -0.145. The van der Waals surface area contributed by atoms with E-state index in [2.05, 4.69) is 55.5 Å². The standard InChI is InChI=1S/C24H31N3O2/c1-16(2)27(4)15-20-9-6-5-8-19(20)14-25-23(28)18-10-7-11-21(13-18)26-24(29)22-12-17(22)3/h5-11,13,16-17,22H,12,14-15H2,1-4H3,(H,25,28)(H,26,29). The van der Waals surface area contributed by atoms with Crippen molar-refractivity contribution in [3.63, 3.8) is 0 Å². The molecule has 1 aliphatic carbocycles. The van der Waals surface area contributed by atoms with Crippen molar-refractivity contribution in [3.8, 4) is 0 Å². The van der Waals surface area contributed by atoms with Crippen LogP contribution in [0.15, 0.2) is 48.5 Å². The first-order chi connectivity index (χ1) is 13.8. The molecule has 5 nitrogen and oxygen atoms in total. The molecule has 0 radical (unpaired) electrons. The number of carbonyl (C=O) groups is 2. The Hall–Kier alpha value is -2.66. The number of carbonyl (C=O) groups excluding carboxylic acids is 2. The molecule has 0 aromatic heterocycles. The zero-order chi connectivity index (χ0) is 21.0. The Bertz CT molecular complexity index is 878. The number of anilines is 1. The van der Waals surface area contributed by atoms with Gasteiger partial charge in [-0.05, 0) is 62.6 Å². The number of hydrogen-bond acceptors (Lipinski definition) is 3. The van der Waals surface area contributed by atoms with Gasteiger partial charge in [-0.25, -0.2) is 0 Å². The maximum absolute atomic E-state index is 12.7. The normalized spacial score (nSPS) is 18.0. The Labute approximate surface area is 173 Å². The van der Waals surface area contributed by atoms with Crippen LogP contribution in [-0.2, 0) is 17.9 Å². The predicted octanol–water partition coefficient (Wildman–Crippen LogP) is 4.05. The van der Waals surface area contributed by atoms with E-state index in [1.54, 1.807) is 18.2 Å². The van der Waals surface area contributed by atoms with E-state index < -0.39 is 0 Å². The Morgan fingerprint density at radius 2 is 1.79 bits per heavy atom. The summed E-state index contributed by atoms with van der Waals surface area (Å²) < 4.78 is 0. The van der Waals surface area contributed by atoms with E-state index in [0.29, 0.717) is 29.8 Å². The zero-order valence-electron chi connectivity index (χ0n) is 17.7. The average Bonchev–Trinajstić information content (AvgIpc) is 3.44. The second-order valence-electron chi connectivity index (χ2n) is 8.35. The second-order valence-corrected chi connectivity index (χ2v) is 8.35. The molecule has 2 unspecified atom stereocenters. The van der Waals surface area contributed by atoms with Crippen LogP contribution < -0.4 is 10.6 Å². The van der Waals surface area contributed by atoms with Gasteiger partial charge in [0.15, 0.2) is 0 Å². The largest absolute Gasteiger partial charge is 0.348 e. The van der Waals surface area contributed by atoms with Crippen LogP contribution in [0, 0.1) is 11.8 Å². The highest BCUT2D eigenvalue weighted by molar-refractivity contribution is 5.98. The molecule has 0 saturated heterocycles. The SMILES string of the molecule is CC1CC1C(=O)Nc1cccc(C(=O)NCc2ccccc2CN(C)C(C)C)c1. The highest BCUT2D eigenvalue weighted by Gasteiger charge is 2.39. The summed E-state index contributed by atoms with van der Waals surface area (Å²) in [5.74, 6) is 0.454. The van der Waals surface area contributed by atoms with E-state index in [1.165, 1.54) is 5.56 Å². The molecule has 29 heavy (non-hydrogen) atoms. The van der Waals surface area contributed by atoms with Crippen molar-refractivity contribution in [2.45, 2.75) is 46.3 Å². The molecular formula is C24H31N3O2. The summed E-state index contributed by atoms with van der Waals surface area (Å²) >= 11 is 0.